The van der Waals surface area contributed by atoms with Gasteiger partial charge in [-0.15, -0.1) is 0 Å². The van der Waals surface area contributed by atoms with Crippen molar-refractivity contribution in [2.75, 3.05) is 13.7 Å². The van der Waals surface area contributed by atoms with Gasteiger partial charge in [0.15, 0.2) is 6.10 Å². The van der Waals surface area contributed by atoms with Gasteiger partial charge >= 0.3 is 5.97 Å². The maximum Gasteiger partial charge on any atom is 0.342 e. The SMILES string of the molecule is COc1ccc(Cl)cc1C(=O)O[C@H](C)C(=O)NCC(C)C. The average Bonchev–Trinajstić information content (AvgIpc) is 2.44. The third-order valence-corrected chi connectivity index (χ3v) is 2.95. The third-order valence-electron chi connectivity index (χ3n) is 2.72. The maximum absolute atomic E-state index is 12.1. The smallest absolute Gasteiger partial charge is 0.342 e. The Balaban J connectivity index is 2.72. The molecule has 1 aromatic rings. The Bertz CT molecular complexity index is 516. The monoisotopic (exact) mass is 313 g/mol. The molecule has 6 heteroatoms. The van der Waals surface area contributed by atoms with E-state index in [4.69, 9.17) is 21.1 Å². The molecular formula is C15H20ClNO4. The Labute approximate surface area is 129 Å². The molecule has 0 spiro atoms. The Morgan fingerprint density at radius 1 is 1.29 bits per heavy atom. The van der Waals surface area contributed by atoms with Crippen molar-refractivity contribution in [1.82, 2.24) is 5.32 Å². The summed E-state index contributed by atoms with van der Waals surface area (Å²) in [6.45, 7) is 6.01. The first-order valence-electron chi connectivity index (χ1n) is 6.67. The van der Waals surface area contributed by atoms with Gasteiger partial charge in [-0.05, 0) is 31.0 Å². The van der Waals surface area contributed by atoms with Crippen LogP contribution in [0.2, 0.25) is 5.02 Å². The van der Waals surface area contributed by atoms with E-state index in [0.29, 0.717) is 23.2 Å². The van der Waals surface area contributed by atoms with Crippen molar-refractivity contribution >= 4 is 23.5 Å². The number of carbonyl (C=O) groups is 2. The van der Waals surface area contributed by atoms with E-state index in [9.17, 15) is 9.59 Å². The van der Waals surface area contributed by atoms with Crippen molar-refractivity contribution in [3.8, 4) is 5.75 Å². The molecule has 21 heavy (non-hydrogen) atoms. The molecule has 0 unspecified atom stereocenters. The van der Waals surface area contributed by atoms with Gasteiger partial charge in [0, 0.05) is 11.6 Å². The number of methoxy groups -OCH3 is 1. The van der Waals surface area contributed by atoms with Crippen molar-refractivity contribution in [2.24, 2.45) is 5.92 Å². The molecule has 0 aromatic heterocycles. The van der Waals surface area contributed by atoms with Crippen molar-refractivity contribution in [2.45, 2.75) is 26.9 Å². The Hall–Kier alpha value is -1.75. The molecule has 1 aromatic carbocycles. The fourth-order valence-electron chi connectivity index (χ4n) is 1.57. The van der Waals surface area contributed by atoms with Gasteiger partial charge in [-0.2, -0.15) is 0 Å². The largest absolute Gasteiger partial charge is 0.496 e. The number of ether oxygens (including phenoxy) is 2. The maximum atomic E-state index is 12.1. The lowest BCUT2D eigenvalue weighted by Crippen LogP contribution is -2.37. The second-order valence-corrected chi connectivity index (χ2v) is 5.47. The highest BCUT2D eigenvalue weighted by molar-refractivity contribution is 6.31. The van der Waals surface area contributed by atoms with E-state index in [1.807, 2.05) is 13.8 Å². The second-order valence-electron chi connectivity index (χ2n) is 5.03. The quantitative estimate of drug-likeness (QED) is 0.820. The molecule has 0 heterocycles. The van der Waals surface area contributed by atoms with E-state index >= 15 is 0 Å². The van der Waals surface area contributed by atoms with Crippen molar-refractivity contribution in [3.63, 3.8) is 0 Å². The summed E-state index contributed by atoms with van der Waals surface area (Å²) in [4.78, 5) is 23.9. The Kier molecular flexibility index (Phi) is 6.49. The second kappa shape index (κ2) is 7.88. The molecule has 0 saturated carbocycles. The fourth-order valence-corrected chi connectivity index (χ4v) is 1.74. The highest BCUT2D eigenvalue weighted by atomic mass is 35.5. The Morgan fingerprint density at radius 3 is 2.52 bits per heavy atom. The number of nitrogens with one attached hydrogen (secondary N) is 1. The van der Waals surface area contributed by atoms with Crippen LogP contribution in [0.1, 0.15) is 31.1 Å². The lowest BCUT2D eigenvalue weighted by atomic mass is 10.2. The van der Waals surface area contributed by atoms with Crippen LogP contribution in [-0.4, -0.2) is 31.6 Å². The van der Waals surface area contributed by atoms with E-state index in [1.165, 1.54) is 20.1 Å². The summed E-state index contributed by atoms with van der Waals surface area (Å²) >= 11 is 5.86. The molecule has 0 aliphatic rings. The molecule has 0 saturated heterocycles. The zero-order valence-electron chi connectivity index (χ0n) is 12.6. The van der Waals surface area contributed by atoms with Crippen LogP contribution in [0.15, 0.2) is 18.2 Å². The van der Waals surface area contributed by atoms with Crippen LogP contribution in [0.4, 0.5) is 0 Å². The fraction of sp³-hybridized carbons (Fsp3) is 0.467. The summed E-state index contributed by atoms with van der Waals surface area (Å²) in [5.74, 6) is -0.316. The summed E-state index contributed by atoms with van der Waals surface area (Å²) in [6, 6.07) is 4.62. The lowest BCUT2D eigenvalue weighted by Gasteiger charge is -2.15. The van der Waals surface area contributed by atoms with Gasteiger partial charge in [0.1, 0.15) is 11.3 Å². The van der Waals surface area contributed by atoms with Crippen LogP contribution < -0.4 is 10.1 Å². The van der Waals surface area contributed by atoms with Crippen molar-refractivity contribution in [1.29, 1.82) is 0 Å². The molecule has 0 fully saturated rings. The van der Waals surface area contributed by atoms with E-state index in [-0.39, 0.29) is 11.5 Å². The van der Waals surface area contributed by atoms with Gasteiger partial charge in [0.2, 0.25) is 0 Å². The zero-order chi connectivity index (χ0) is 16.0. The first-order valence-corrected chi connectivity index (χ1v) is 7.05. The Morgan fingerprint density at radius 2 is 1.95 bits per heavy atom. The third kappa shape index (κ3) is 5.27. The average molecular weight is 314 g/mol. The molecule has 1 amide bonds. The molecule has 0 aliphatic carbocycles. The number of hydrogen-bond donors (Lipinski definition) is 1. The molecule has 0 radical (unpaired) electrons. The summed E-state index contributed by atoms with van der Waals surface area (Å²) in [5, 5.41) is 3.09. The minimum absolute atomic E-state index is 0.188. The predicted molar refractivity (Wildman–Crippen MR) is 80.7 cm³/mol. The number of amides is 1. The molecule has 1 rings (SSSR count). The first-order chi connectivity index (χ1) is 9.85. The van der Waals surface area contributed by atoms with Gasteiger partial charge in [-0.3, -0.25) is 4.79 Å². The molecule has 1 atom stereocenters. The summed E-state index contributed by atoms with van der Waals surface area (Å²) in [7, 11) is 1.44. The number of esters is 1. The topological polar surface area (TPSA) is 64.6 Å². The van der Waals surface area contributed by atoms with E-state index in [2.05, 4.69) is 5.32 Å². The number of halogens is 1. The summed E-state index contributed by atoms with van der Waals surface area (Å²) in [6.07, 6.45) is -0.889. The summed E-state index contributed by atoms with van der Waals surface area (Å²) in [5.41, 5.74) is 0.188. The number of carbonyl (C=O) groups excluding carboxylic acids is 2. The summed E-state index contributed by atoms with van der Waals surface area (Å²) < 4.78 is 10.2. The minimum Gasteiger partial charge on any atom is -0.496 e. The highest BCUT2D eigenvalue weighted by Crippen LogP contribution is 2.23. The van der Waals surface area contributed by atoms with Crippen molar-refractivity contribution in [3.05, 3.63) is 28.8 Å². The van der Waals surface area contributed by atoms with Crippen LogP contribution >= 0.6 is 11.6 Å². The van der Waals surface area contributed by atoms with Crippen LogP contribution in [-0.2, 0) is 9.53 Å². The van der Waals surface area contributed by atoms with E-state index in [0.717, 1.165) is 0 Å². The van der Waals surface area contributed by atoms with E-state index < -0.39 is 12.1 Å². The standard InChI is InChI=1S/C15H20ClNO4/c1-9(2)8-17-14(18)10(3)21-15(19)12-7-11(16)5-6-13(12)20-4/h5-7,9-10H,8H2,1-4H3,(H,17,18)/t10-/m1/s1. The van der Waals surface area contributed by atoms with Crippen LogP contribution in [0, 0.1) is 5.92 Å². The molecule has 0 aliphatic heterocycles. The van der Waals surface area contributed by atoms with Gasteiger partial charge in [-0.1, -0.05) is 25.4 Å². The van der Waals surface area contributed by atoms with Gasteiger partial charge in [0.25, 0.3) is 5.91 Å². The van der Waals surface area contributed by atoms with Gasteiger partial charge in [0.05, 0.1) is 7.11 Å². The molecule has 1 N–H and O–H groups in total. The van der Waals surface area contributed by atoms with E-state index in [1.54, 1.807) is 12.1 Å². The first kappa shape index (κ1) is 17.3. The molecule has 116 valence electrons. The normalized spacial score (nSPS) is 11.9. The minimum atomic E-state index is -0.889. The number of benzene rings is 1. The number of rotatable bonds is 6. The molecule has 5 nitrogen and oxygen atoms in total. The predicted octanol–water partition coefficient (Wildman–Crippen LogP) is 2.67. The van der Waals surface area contributed by atoms with Crippen LogP contribution in [0.5, 0.6) is 5.75 Å². The van der Waals surface area contributed by atoms with Crippen molar-refractivity contribution < 1.29 is 19.1 Å². The van der Waals surface area contributed by atoms with Crippen LogP contribution in [0.3, 0.4) is 0 Å². The lowest BCUT2D eigenvalue weighted by molar-refractivity contribution is -0.129. The van der Waals surface area contributed by atoms with Gasteiger partial charge < -0.3 is 14.8 Å². The van der Waals surface area contributed by atoms with Crippen LogP contribution in [0.25, 0.3) is 0 Å². The zero-order valence-corrected chi connectivity index (χ0v) is 13.4. The highest BCUT2D eigenvalue weighted by Gasteiger charge is 2.21. The number of hydrogen-bond acceptors (Lipinski definition) is 4. The molecular weight excluding hydrogens is 294 g/mol. The molecule has 0 bridgehead atoms. The van der Waals surface area contributed by atoms with Gasteiger partial charge in [-0.25, -0.2) is 4.79 Å².